The molecule has 1 heterocycles. The van der Waals surface area contributed by atoms with Crippen LogP contribution in [0, 0.1) is 12.7 Å². The Labute approximate surface area is 114 Å². The summed E-state index contributed by atoms with van der Waals surface area (Å²) in [6.45, 7) is 2.63. The molecule has 0 saturated heterocycles. The fourth-order valence-corrected chi connectivity index (χ4v) is 2.65. The fraction of sp³-hybridized carbons (Fsp3) is 0.250. The minimum atomic E-state index is -0.500. The van der Waals surface area contributed by atoms with Crippen LogP contribution < -0.4 is 10.6 Å². The third-order valence-electron chi connectivity index (χ3n) is 2.71. The number of nitrogens with two attached hydrogens (primary N) is 1. The Hall–Kier alpha value is -1.33. The van der Waals surface area contributed by atoms with Gasteiger partial charge in [0.05, 0.1) is 34.1 Å². The van der Waals surface area contributed by atoms with Gasteiger partial charge in [-0.15, -0.1) is 11.3 Å². The normalized spacial score (nSPS) is 10.7. The highest BCUT2D eigenvalue weighted by atomic mass is 35.5. The van der Waals surface area contributed by atoms with Crippen LogP contribution in [0.15, 0.2) is 17.6 Å². The molecule has 6 heteroatoms. The van der Waals surface area contributed by atoms with E-state index in [0.29, 0.717) is 17.9 Å². The number of benzene rings is 1. The first-order valence-corrected chi connectivity index (χ1v) is 6.59. The summed E-state index contributed by atoms with van der Waals surface area (Å²) in [5, 5.41) is 0.0760. The monoisotopic (exact) mass is 285 g/mol. The first-order valence-electron chi connectivity index (χ1n) is 5.33. The van der Waals surface area contributed by atoms with Gasteiger partial charge in [-0.2, -0.15) is 0 Å². The zero-order valence-corrected chi connectivity index (χ0v) is 11.6. The van der Waals surface area contributed by atoms with E-state index in [4.69, 9.17) is 17.3 Å². The first kappa shape index (κ1) is 13.1. The number of nitrogen functional groups attached to an aromatic ring is 1. The molecule has 18 heavy (non-hydrogen) atoms. The molecule has 2 aromatic rings. The Bertz CT molecular complexity index is 570. The summed E-state index contributed by atoms with van der Waals surface area (Å²) >= 11 is 7.36. The Balaban J connectivity index is 2.26. The summed E-state index contributed by atoms with van der Waals surface area (Å²) in [6, 6.07) is 2.79. The number of aryl methyl sites for hydroxylation is 1. The molecule has 0 fully saturated rings. The van der Waals surface area contributed by atoms with Gasteiger partial charge in [0.25, 0.3) is 0 Å². The quantitative estimate of drug-likeness (QED) is 0.878. The molecular weight excluding hydrogens is 273 g/mol. The summed E-state index contributed by atoms with van der Waals surface area (Å²) in [5.41, 5.74) is 9.70. The molecule has 0 unspecified atom stereocenters. The number of nitrogens with zero attached hydrogens (tertiary/aromatic N) is 2. The molecule has 0 amide bonds. The van der Waals surface area contributed by atoms with E-state index in [1.54, 1.807) is 22.9 Å². The second-order valence-corrected chi connectivity index (χ2v) is 5.39. The molecule has 0 radical (unpaired) electrons. The Kier molecular flexibility index (Phi) is 3.73. The van der Waals surface area contributed by atoms with Crippen molar-refractivity contribution in [1.29, 1.82) is 0 Å². The maximum Gasteiger partial charge on any atom is 0.143 e. The lowest BCUT2D eigenvalue weighted by molar-refractivity contribution is 0.629. The van der Waals surface area contributed by atoms with Crippen LogP contribution in [0.5, 0.6) is 0 Å². The number of aromatic nitrogens is 1. The van der Waals surface area contributed by atoms with E-state index in [0.717, 1.165) is 10.6 Å². The molecule has 0 atom stereocenters. The van der Waals surface area contributed by atoms with Gasteiger partial charge in [0, 0.05) is 18.0 Å². The third kappa shape index (κ3) is 2.57. The van der Waals surface area contributed by atoms with Crippen LogP contribution in [-0.4, -0.2) is 12.0 Å². The highest BCUT2D eigenvalue weighted by molar-refractivity contribution is 7.09. The largest absolute Gasteiger partial charge is 0.397 e. The Morgan fingerprint density at radius 3 is 2.83 bits per heavy atom. The lowest BCUT2D eigenvalue weighted by Crippen LogP contribution is -2.17. The predicted octanol–water partition coefficient (Wildman–Crippen LogP) is 3.46. The standard InChI is InChI=1S/C12H13ClFN3S/c1-7-12(18-6-16-7)5-17(2)11-3-8(13)9(14)4-10(11)15/h3-4,6H,5,15H2,1-2H3. The molecule has 2 N–H and O–H groups in total. The van der Waals surface area contributed by atoms with Crippen molar-refractivity contribution in [2.24, 2.45) is 0 Å². The Morgan fingerprint density at radius 1 is 1.50 bits per heavy atom. The van der Waals surface area contributed by atoms with Gasteiger partial charge >= 0.3 is 0 Å². The van der Waals surface area contributed by atoms with Gasteiger partial charge in [-0.25, -0.2) is 9.37 Å². The Morgan fingerprint density at radius 2 is 2.22 bits per heavy atom. The number of halogens is 2. The van der Waals surface area contributed by atoms with Crippen molar-refractivity contribution < 1.29 is 4.39 Å². The smallest absolute Gasteiger partial charge is 0.143 e. The van der Waals surface area contributed by atoms with Gasteiger partial charge < -0.3 is 10.6 Å². The molecule has 1 aromatic heterocycles. The van der Waals surface area contributed by atoms with Crippen molar-refractivity contribution in [3.05, 3.63) is 39.1 Å². The number of anilines is 2. The summed E-state index contributed by atoms with van der Waals surface area (Å²) in [6.07, 6.45) is 0. The minimum absolute atomic E-state index is 0.0760. The zero-order valence-electron chi connectivity index (χ0n) is 10.1. The van der Waals surface area contributed by atoms with Crippen LogP contribution in [0.2, 0.25) is 5.02 Å². The molecule has 0 bridgehead atoms. The van der Waals surface area contributed by atoms with E-state index < -0.39 is 5.82 Å². The van der Waals surface area contributed by atoms with Crippen LogP contribution >= 0.6 is 22.9 Å². The SMILES string of the molecule is Cc1ncsc1CN(C)c1cc(Cl)c(F)cc1N. The van der Waals surface area contributed by atoms with Gasteiger partial charge in [0.1, 0.15) is 5.82 Å². The van der Waals surface area contributed by atoms with Gasteiger partial charge in [-0.05, 0) is 13.0 Å². The summed E-state index contributed by atoms with van der Waals surface area (Å²) in [4.78, 5) is 7.27. The molecule has 3 nitrogen and oxygen atoms in total. The highest BCUT2D eigenvalue weighted by Crippen LogP contribution is 2.30. The molecule has 0 spiro atoms. The van der Waals surface area contributed by atoms with Gasteiger partial charge in [-0.1, -0.05) is 11.6 Å². The van der Waals surface area contributed by atoms with Gasteiger partial charge in [0.15, 0.2) is 0 Å². The predicted molar refractivity (Wildman–Crippen MR) is 74.8 cm³/mol. The highest BCUT2D eigenvalue weighted by Gasteiger charge is 2.12. The average molecular weight is 286 g/mol. The van der Waals surface area contributed by atoms with Crippen LogP contribution in [-0.2, 0) is 6.54 Å². The van der Waals surface area contributed by atoms with Gasteiger partial charge in [0.2, 0.25) is 0 Å². The van der Waals surface area contributed by atoms with E-state index in [2.05, 4.69) is 4.98 Å². The molecule has 0 saturated carbocycles. The molecular formula is C12H13ClFN3S. The second-order valence-electron chi connectivity index (χ2n) is 4.04. The van der Waals surface area contributed by atoms with Crippen molar-refractivity contribution in [3.8, 4) is 0 Å². The van der Waals surface area contributed by atoms with E-state index >= 15 is 0 Å². The lowest BCUT2D eigenvalue weighted by Gasteiger charge is -2.21. The summed E-state index contributed by atoms with van der Waals surface area (Å²) in [5.74, 6) is -0.500. The van der Waals surface area contributed by atoms with Crippen molar-refractivity contribution in [2.45, 2.75) is 13.5 Å². The topological polar surface area (TPSA) is 42.2 Å². The van der Waals surface area contributed by atoms with Crippen molar-refractivity contribution in [3.63, 3.8) is 0 Å². The van der Waals surface area contributed by atoms with Gasteiger partial charge in [-0.3, -0.25) is 0 Å². The molecule has 0 aliphatic heterocycles. The van der Waals surface area contributed by atoms with E-state index in [1.165, 1.54) is 6.07 Å². The van der Waals surface area contributed by atoms with Crippen molar-refractivity contribution >= 4 is 34.3 Å². The van der Waals surface area contributed by atoms with Crippen molar-refractivity contribution in [1.82, 2.24) is 4.98 Å². The second kappa shape index (κ2) is 5.12. The van der Waals surface area contributed by atoms with E-state index in [1.807, 2.05) is 18.9 Å². The number of rotatable bonds is 3. The molecule has 0 aliphatic rings. The van der Waals surface area contributed by atoms with E-state index in [-0.39, 0.29) is 5.02 Å². The van der Waals surface area contributed by atoms with E-state index in [9.17, 15) is 4.39 Å². The molecule has 2 rings (SSSR count). The van der Waals surface area contributed by atoms with Crippen LogP contribution in [0.3, 0.4) is 0 Å². The van der Waals surface area contributed by atoms with Crippen LogP contribution in [0.4, 0.5) is 15.8 Å². The summed E-state index contributed by atoms with van der Waals surface area (Å²) < 4.78 is 13.2. The minimum Gasteiger partial charge on any atom is -0.397 e. The number of hydrogen-bond donors (Lipinski definition) is 1. The zero-order chi connectivity index (χ0) is 13.3. The maximum absolute atomic E-state index is 13.2. The number of hydrogen-bond acceptors (Lipinski definition) is 4. The number of thiazole rings is 1. The van der Waals surface area contributed by atoms with Crippen LogP contribution in [0.25, 0.3) is 0 Å². The average Bonchev–Trinajstić information content (AvgIpc) is 2.69. The molecule has 96 valence electrons. The van der Waals surface area contributed by atoms with Crippen molar-refractivity contribution in [2.75, 3.05) is 17.7 Å². The first-order chi connectivity index (χ1) is 8.49. The van der Waals surface area contributed by atoms with Crippen LogP contribution in [0.1, 0.15) is 10.6 Å². The third-order valence-corrected chi connectivity index (χ3v) is 3.92. The maximum atomic E-state index is 13.2. The summed E-state index contributed by atoms with van der Waals surface area (Å²) in [7, 11) is 1.89. The molecule has 1 aromatic carbocycles. The molecule has 0 aliphatic carbocycles. The lowest BCUT2D eigenvalue weighted by atomic mass is 10.2. The fourth-order valence-electron chi connectivity index (χ4n) is 1.66.